The summed E-state index contributed by atoms with van der Waals surface area (Å²) in [5.41, 5.74) is 5.92. The Hall–Kier alpha value is -3.16. The molecule has 1 aliphatic rings. The third-order valence-corrected chi connectivity index (χ3v) is 7.43. The summed E-state index contributed by atoms with van der Waals surface area (Å²) in [4.78, 5) is 19.6. The summed E-state index contributed by atoms with van der Waals surface area (Å²) < 4.78 is 28.7. The van der Waals surface area contributed by atoms with Gasteiger partial charge in [0.2, 0.25) is 0 Å². The van der Waals surface area contributed by atoms with E-state index in [4.69, 9.17) is 0 Å². The van der Waals surface area contributed by atoms with Crippen LogP contribution in [0.25, 0.3) is 10.5 Å². The molecule has 1 saturated heterocycles. The number of halogens is 2. The Balaban J connectivity index is 1.35. The predicted molar refractivity (Wildman–Crippen MR) is 131 cm³/mol. The molecule has 0 atom stereocenters. The monoisotopic (exact) mass is 478 g/mol. The van der Waals surface area contributed by atoms with E-state index in [0.29, 0.717) is 6.42 Å². The molecular formula is C27H26F2N3OS+. The molecule has 34 heavy (non-hydrogen) atoms. The lowest BCUT2D eigenvalue weighted by Crippen LogP contribution is -3.13. The number of aromatic nitrogens is 2. The standard InChI is InChI=1S/C27H25F2N3OS/c1-18-24(26(33)32-16-17-34-27(32)30-18)12-15-31-13-10-21(11-14-31)25(19-2-6-22(28)7-3-19)20-4-8-23(29)9-5-20/h2-9,16-17H,10-15H2,1H3/p+1. The number of thiazole rings is 1. The van der Waals surface area contributed by atoms with Crippen LogP contribution >= 0.6 is 11.3 Å². The highest BCUT2D eigenvalue weighted by molar-refractivity contribution is 7.15. The van der Waals surface area contributed by atoms with Gasteiger partial charge < -0.3 is 4.90 Å². The lowest BCUT2D eigenvalue weighted by atomic mass is 9.88. The fraction of sp³-hybridized carbons (Fsp3) is 0.259. The minimum Gasteiger partial charge on any atom is -0.334 e. The van der Waals surface area contributed by atoms with Gasteiger partial charge >= 0.3 is 0 Å². The molecule has 0 amide bonds. The second-order valence-electron chi connectivity index (χ2n) is 8.78. The van der Waals surface area contributed by atoms with Crippen LogP contribution in [0.5, 0.6) is 0 Å². The maximum Gasteiger partial charge on any atom is 0.262 e. The average molecular weight is 479 g/mol. The number of benzene rings is 2. The zero-order valence-electron chi connectivity index (χ0n) is 19.0. The minimum atomic E-state index is -0.271. The summed E-state index contributed by atoms with van der Waals surface area (Å²) in [6.45, 7) is 4.70. The third-order valence-electron chi connectivity index (χ3n) is 6.68. The van der Waals surface area contributed by atoms with Crippen molar-refractivity contribution in [3.05, 3.63) is 110 Å². The number of rotatable bonds is 5. The molecule has 1 aliphatic heterocycles. The van der Waals surface area contributed by atoms with Gasteiger partial charge in [0.15, 0.2) is 4.96 Å². The van der Waals surface area contributed by atoms with Gasteiger partial charge in [0, 0.05) is 42.1 Å². The number of aryl methyl sites for hydroxylation is 1. The minimum absolute atomic E-state index is 0.0376. The summed E-state index contributed by atoms with van der Waals surface area (Å²) in [5, 5.41) is 1.89. The van der Waals surface area contributed by atoms with E-state index in [2.05, 4.69) is 4.98 Å². The molecule has 4 aromatic rings. The topological polar surface area (TPSA) is 38.8 Å². The summed E-state index contributed by atoms with van der Waals surface area (Å²) in [5.74, 6) is -0.541. The van der Waals surface area contributed by atoms with E-state index in [1.165, 1.54) is 46.1 Å². The second-order valence-corrected chi connectivity index (χ2v) is 9.65. The average Bonchev–Trinajstić information content (AvgIpc) is 3.31. The largest absolute Gasteiger partial charge is 0.334 e. The van der Waals surface area contributed by atoms with E-state index in [0.717, 1.165) is 65.4 Å². The van der Waals surface area contributed by atoms with Crippen molar-refractivity contribution in [2.45, 2.75) is 26.2 Å². The van der Waals surface area contributed by atoms with E-state index in [9.17, 15) is 13.6 Å². The molecule has 3 heterocycles. The number of nitrogens with one attached hydrogen (secondary N) is 1. The van der Waals surface area contributed by atoms with Gasteiger partial charge in [-0.05, 0) is 47.9 Å². The first-order chi connectivity index (χ1) is 16.5. The van der Waals surface area contributed by atoms with E-state index >= 15 is 0 Å². The van der Waals surface area contributed by atoms with Crippen molar-refractivity contribution in [3.63, 3.8) is 0 Å². The second kappa shape index (κ2) is 9.60. The molecule has 174 valence electrons. The fourth-order valence-corrected chi connectivity index (χ4v) is 5.57. The Morgan fingerprint density at radius 3 is 2.18 bits per heavy atom. The van der Waals surface area contributed by atoms with E-state index in [1.807, 2.05) is 12.3 Å². The maximum absolute atomic E-state index is 13.6. The first-order valence-corrected chi connectivity index (χ1v) is 12.4. The molecule has 0 radical (unpaired) electrons. The highest BCUT2D eigenvalue weighted by Crippen LogP contribution is 2.31. The number of fused-ring (bicyclic) bond motifs is 1. The Labute approximate surface area is 200 Å². The van der Waals surface area contributed by atoms with Crippen LogP contribution < -0.4 is 10.5 Å². The Morgan fingerprint density at radius 1 is 1.00 bits per heavy atom. The van der Waals surface area contributed by atoms with E-state index < -0.39 is 0 Å². The van der Waals surface area contributed by atoms with Gasteiger partial charge in [-0.15, -0.1) is 11.3 Å². The quantitative estimate of drug-likeness (QED) is 0.470. The maximum atomic E-state index is 13.6. The zero-order chi connectivity index (χ0) is 23.7. The molecule has 0 bridgehead atoms. The van der Waals surface area contributed by atoms with Gasteiger partial charge in [0.05, 0.1) is 19.6 Å². The summed E-state index contributed by atoms with van der Waals surface area (Å²) >= 11 is 1.47. The van der Waals surface area contributed by atoms with Crippen molar-refractivity contribution in [2.24, 2.45) is 0 Å². The molecule has 2 aromatic carbocycles. The summed E-state index contributed by atoms with van der Waals surface area (Å²) in [6, 6.07) is 13.1. The van der Waals surface area contributed by atoms with Crippen molar-refractivity contribution in [1.82, 2.24) is 9.38 Å². The molecule has 5 rings (SSSR count). The SMILES string of the molecule is Cc1nc2sccn2c(=O)c1CC[NH+]1CCC(=C(c2ccc(F)cc2)c2ccc(F)cc2)CC1. The van der Waals surface area contributed by atoms with Crippen molar-refractivity contribution >= 4 is 21.9 Å². The fourth-order valence-electron chi connectivity index (χ4n) is 4.82. The predicted octanol–water partition coefficient (Wildman–Crippen LogP) is 4.07. The van der Waals surface area contributed by atoms with Crippen LogP contribution in [0.3, 0.4) is 0 Å². The lowest BCUT2D eigenvalue weighted by molar-refractivity contribution is -0.902. The molecular weight excluding hydrogens is 452 g/mol. The molecule has 2 aromatic heterocycles. The molecule has 0 saturated carbocycles. The first kappa shape index (κ1) is 22.6. The molecule has 1 fully saturated rings. The normalized spacial score (nSPS) is 16.2. The van der Waals surface area contributed by atoms with Crippen LogP contribution in [0.4, 0.5) is 8.78 Å². The Kier molecular flexibility index (Phi) is 6.39. The smallest absolute Gasteiger partial charge is 0.262 e. The number of quaternary nitrogens is 1. The highest BCUT2D eigenvalue weighted by Gasteiger charge is 2.22. The van der Waals surface area contributed by atoms with E-state index in [-0.39, 0.29) is 17.2 Å². The third kappa shape index (κ3) is 4.58. The van der Waals surface area contributed by atoms with Crippen molar-refractivity contribution in [2.75, 3.05) is 19.6 Å². The van der Waals surface area contributed by atoms with Gasteiger partial charge in [-0.1, -0.05) is 29.8 Å². The molecule has 4 nitrogen and oxygen atoms in total. The summed E-state index contributed by atoms with van der Waals surface area (Å²) in [7, 11) is 0. The van der Waals surface area contributed by atoms with Crippen molar-refractivity contribution in [1.29, 1.82) is 0 Å². The lowest BCUT2D eigenvalue weighted by Gasteiger charge is -2.28. The van der Waals surface area contributed by atoms with Gasteiger partial charge in [0.1, 0.15) is 11.6 Å². The van der Waals surface area contributed by atoms with Crippen molar-refractivity contribution < 1.29 is 13.7 Å². The van der Waals surface area contributed by atoms with Crippen LogP contribution in [-0.4, -0.2) is 29.0 Å². The molecule has 7 heteroatoms. The van der Waals surface area contributed by atoms with Crippen LogP contribution in [-0.2, 0) is 6.42 Å². The number of hydrogen-bond acceptors (Lipinski definition) is 3. The van der Waals surface area contributed by atoms with Crippen molar-refractivity contribution in [3.8, 4) is 0 Å². The van der Waals surface area contributed by atoms with Gasteiger partial charge in [-0.2, -0.15) is 0 Å². The molecule has 0 unspecified atom stereocenters. The number of nitrogens with zero attached hydrogens (tertiary/aromatic N) is 2. The molecule has 1 N–H and O–H groups in total. The zero-order valence-corrected chi connectivity index (χ0v) is 19.8. The van der Waals surface area contributed by atoms with Gasteiger partial charge in [-0.3, -0.25) is 9.20 Å². The van der Waals surface area contributed by atoms with E-state index in [1.54, 1.807) is 34.9 Å². The van der Waals surface area contributed by atoms with Crippen LogP contribution in [0, 0.1) is 18.6 Å². The molecule has 0 spiro atoms. The van der Waals surface area contributed by atoms with Gasteiger partial charge in [0.25, 0.3) is 5.56 Å². The van der Waals surface area contributed by atoms with Crippen LogP contribution in [0.2, 0.25) is 0 Å². The Morgan fingerprint density at radius 2 is 1.59 bits per heavy atom. The van der Waals surface area contributed by atoms with Crippen LogP contribution in [0.1, 0.15) is 35.2 Å². The Bertz CT molecular complexity index is 1350. The van der Waals surface area contributed by atoms with Crippen LogP contribution in [0.15, 0.2) is 70.5 Å². The first-order valence-electron chi connectivity index (χ1n) is 11.5. The number of piperidine rings is 1. The van der Waals surface area contributed by atoms with Gasteiger partial charge in [-0.25, -0.2) is 13.8 Å². The number of hydrogen-bond donors (Lipinski definition) is 1. The highest BCUT2D eigenvalue weighted by atomic mass is 32.1. The number of likely N-dealkylation sites (tertiary alicyclic amines) is 1. The molecule has 0 aliphatic carbocycles. The summed E-state index contributed by atoms with van der Waals surface area (Å²) in [6.07, 6.45) is 4.29.